The van der Waals surface area contributed by atoms with Crippen LogP contribution in [0.25, 0.3) is 0 Å². The fourth-order valence-corrected chi connectivity index (χ4v) is 2.61. The maximum atomic E-state index is 11.9. The zero-order chi connectivity index (χ0) is 15.2. The quantitative estimate of drug-likeness (QED) is 0.837. The van der Waals surface area contributed by atoms with Gasteiger partial charge in [-0.25, -0.2) is 4.79 Å². The molecule has 0 aromatic carbocycles. The largest absolute Gasteiger partial charge is 0.465 e. The Morgan fingerprint density at radius 3 is 2.86 bits per heavy atom. The van der Waals surface area contributed by atoms with Gasteiger partial charge in [-0.05, 0) is 31.5 Å². The molecule has 0 aliphatic carbocycles. The van der Waals surface area contributed by atoms with Crippen LogP contribution < -0.4 is 5.32 Å². The minimum atomic E-state index is -0.393. The standard InChI is InChI=1S/C15H21N3O3/c1-16-14(19)13-5-3-4-8-18(13)10-12-7-6-11(9-17-12)15(20)21-2/h6-7,9,13H,3-5,8,10H2,1-2H3,(H,16,19). The number of hydrogen-bond donors (Lipinski definition) is 1. The van der Waals surface area contributed by atoms with E-state index in [-0.39, 0.29) is 11.9 Å². The molecule has 1 aromatic heterocycles. The van der Waals surface area contributed by atoms with Gasteiger partial charge in [0.2, 0.25) is 5.91 Å². The van der Waals surface area contributed by atoms with Crippen LogP contribution in [0, 0.1) is 0 Å². The van der Waals surface area contributed by atoms with Gasteiger partial charge in [-0.3, -0.25) is 14.7 Å². The zero-order valence-electron chi connectivity index (χ0n) is 12.5. The molecule has 1 aliphatic heterocycles. The summed E-state index contributed by atoms with van der Waals surface area (Å²) < 4.78 is 4.65. The zero-order valence-corrected chi connectivity index (χ0v) is 12.5. The Balaban J connectivity index is 2.05. The molecule has 0 bridgehead atoms. The van der Waals surface area contributed by atoms with Gasteiger partial charge < -0.3 is 10.1 Å². The predicted octanol–water partition coefficient (Wildman–Crippen LogP) is 0.969. The van der Waals surface area contributed by atoms with Crippen LogP contribution in [0.2, 0.25) is 0 Å². The molecule has 0 radical (unpaired) electrons. The van der Waals surface area contributed by atoms with E-state index in [0.29, 0.717) is 12.1 Å². The minimum absolute atomic E-state index is 0.0564. The Hall–Kier alpha value is -1.95. The lowest BCUT2D eigenvalue weighted by Crippen LogP contribution is -2.48. The molecular weight excluding hydrogens is 270 g/mol. The molecule has 1 fully saturated rings. The Morgan fingerprint density at radius 2 is 2.24 bits per heavy atom. The number of piperidine rings is 1. The number of rotatable bonds is 4. The van der Waals surface area contributed by atoms with Crippen molar-refractivity contribution in [1.29, 1.82) is 0 Å². The summed E-state index contributed by atoms with van der Waals surface area (Å²) in [7, 11) is 3.01. The molecule has 1 aliphatic rings. The Labute approximate surface area is 124 Å². The number of likely N-dealkylation sites (N-methyl/N-ethyl adjacent to an activating group) is 1. The fourth-order valence-electron chi connectivity index (χ4n) is 2.61. The van der Waals surface area contributed by atoms with Gasteiger partial charge in [0.1, 0.15) is 0 Å². The number of pyridine rings is 1. The molecule has 1 atom stereocenters. The molecule has 6 heteroatoms. The normalized spacial score (nSPS) is 19.0. The number of likely N-dealkylation sites (tertiary alicyclic amines) is 1. The second-order valence-electron chi connectivity index (χ2n) is 5.13. The van der Waals surface area contributed by atoms with Crippen molar-refractivity contribution in [1.82, 2.24) is 15.2 Å². The second-order valence-corrected chi connectivity index (χ2v) is 5.13. The molecule has 1 unspecified atom stereocenters. The number of aromatic nitrogens is 1. The lowest BCUT2D eigenvalue weighted by Gasteiger charge is -2.34. The lowest BCUT2D eigenvalue weighted by molar-refractivity contribution is -0.127. The SMILES string of the molecule is CNC(=O)C1CCCCN1Cc1ccc(C(=O)OC)cn1. The Morgan fingerprint density at radius 1 is 1.43 bits per heavy atom. The summed E-state index contributed by atoms with van der Waals surface area (Å²) in [5.74, 6) is -0.337. The molecule has 0 saturated carbocycles. The summed E-state index contributed by atoms with van der Waals surface area (Å²) >= 11 is 0. The third-order valence-electron chi connectivity index (χ3n) is 3.77. The molecule has 1 N–H and O–H groups in total. The van der Waals surface area contributed by atoms with E-state index in [9.17, 15) is 9.59 Å². The van der Waals surface area contributed by atoms with E-state index in [4.69, 9.17) is 0 Å². The van der Waals surface area contributed by atoms with E-state index in [1.165, 1.54) is 13.3 Å². The van der Waals surface area contributed by atoms with E-state index >= 15 is 0 Å². The molecule has 1 aromatic rings. The summed E-state index contributed by atoms with van der Waals surface area (Å²) in [5, 5.41) is 2.72. The van der Waals surface area contributed by atoms with Crippen molar-refractivity contribution in [2.45, 2.75) is 31.8 Å². The highest BCUT2D eigenvalue weighted by Crippen LogP contribution is 2.19. The van der Waals surface area contributed by atoms with Crippen molar-refractivity contribution >= 4 is 11.9 Å². The van der Waals surface area contributed by atoms with Crippen molar-refractivity contribution < 1.29 is 14.3 Å². The van der Waals surface area contributed by atoms with Crippen LogP contribution in [0.4, 0.5) is 0 Å². The average Bonchev–Trinajstić information content (AvgIpc) is 2.54. The highest BCUT2D eigenvalue weighted by atomic mass is 16.5. The number of hydrogen-bond acceptors (Lipinski definition) is 5. The highest BCUT2D eigenvalue weighted by molar-refractivity contribution is 5.88. The predicted molar refractivity (Wildman–Crippen MR) is 77.7 cm³/mol. The van der Waals surface area contributed by atoms with Crippen LogP contribution in [0.1, 0.15) is 35.3 Å². The summed E-state index contributed by atoms with van der Waals surface area (Å²) in [6, 6.07) is 3.42. The molecule has 1 saturated heterocycles. The van der Waals surface area contributed by atoms with Crippen molar-refractivity contribution in [3.63, 3.8) is 0 Å². The van der Waals surface area contributed by atoms with E-state index in [0.717, 1.165) is 31.5 Å². The van der Waals surface area contributed by atoms with Crippen LogP contribution in [-0.2, 0) is 16.1 Å². The summed E-state index contributed by atoms with van der Waals surface area (Å²) in [6.07, 6.45) is 4.55. The summed E-state index contributed by atoms with van der Waals surface area (Å²) in [5.41, 5.74) is 1.28. The van der Waals surface area contributed by atoms with E-state index < -0.39 is 5.97 Å². The molecule has 21 heavy (non-hydrogen) atoms. The second kappa shape index (κ2) is 7.17. The van der Waals surface area contributed by atoms with Crippen molar-refractivity contribution in [2.75, 3.05) is 20.7 Å². The molecule has 2 rings (SSSR count). The maximum Gasteiger partial charge on any atom is 0.339 e. The van der Waals surface area contributed by atoms with Gasteiger partial charge in [-0.15, -0.1) is 0 Å². The van der Waals surface area contributed by atoms with Crippen LogP contribution in [0.15, 0.2) is 18.3 Å². The van der Waals surface area contributed by atoms with Crippen molar-refractivity contribution in [3.05, 3.63) is 29.6 Å². The fraction of sp³-hybridized carbons (Fsp3) is 0.533. The van der Waals surface area contributed by atoms with Gasteiger partial charge >= 0.3 is 5.97 Å². The monoisotopic (exact) mass is 291 g/mol. The van der Waals surface area contributed by atoms with Gasteiger partial charge in [0, 0.05) is 19.8 Å². The van der Waals surface area contributed by atoms with Crippen LogP contribution in [0.3, 0.4) is 0 Å². The number of carbonyl (C=O) groups is 2. The molecule has 6 nitrogen and oxygen atoms in total. The van der Waals surface area contributed by atoms with E-state index in [1.54, 1.807) is 13.1 Å². The van der Waals surface area contributed by atoms with E-state index in [1.807, 2.05) is 6.07 Å². The smallest absolute Gasteiger partial charge is 0.339 e. The van der Waals surface area contributed by atoms with E-state index in [2.05, 4.69) is 19.9 Å². The van der Waals surface area contributed by atoms with Gasteiger partial charge in [0.05, 0.1) is 24.4 Å². The maximum absolute atomic E-state index is 11.9. The van der Waals surface area contributed by atoms with Crippen LogP contribution in [-0.4, -0.2) is 48.5 Å². The van der Waals surface area contributed by atoms with Gasteiger partial charge in [-0.1, -0.05) is 6.42 Å². The lowest BCUT2D eigenvalue weighted by atomic mass is 10.0. The van der Waals surface area contributed by atoms with Gasteiger partial charge in [-0.2, -0.15) is 0 Å². The molecule has 0 spiro atoms. The number of methoxy groups -OCH3 is 1. The third-order valence-corrected chi connectivity index (χ3v) is 3.77. The molecular formula is C15H21N3O3. The van der Waals surface area contributed by atoms with Gasteiger partial charge in [0.15, 0.2) is 0 Å². The van der Waals surface area contributed by atoms with Crippen LogP contribution >= 0.6 is 0 Å². The molecule has 2 heterocycles. The first kappa shape index (κ1) is 15.4. The van der Waals surface area contributed by atoms with Crippen LogP contribution in [0.5, 0.6) is 0 Å². The molecule has 1 amide bonds. The number of amides is 1. The first-order valence-corrected chi connectivity index (χ1v) is 7.14. The Bertz CT molecular complexity index is 501. The Kier molecular flexibility index (Phi) is 5.27. The number of esters is 1. The summed E-state index contributed by atoms with van der Waals surface area (Å²) in [4.78, 5) is 29.7. The number of ether oxygens (including phenoxy) is 1. The average molecular weight is 291 g/mol. The van der Waals surface area contributed by atoms with Crippen molar-refractivity contribution in [2.24, 2.45) is 0 Å². The summed E-state index contributed by atoms with van der Waals surface area (Å²) in [6.45, 7) is 1.50. The third kappa shape index (κ3) is 3.78. The first-order valence-electron chi connectivity index (χ1n) is 7.14. The number of carbonyl (C=O) groups excluding carboxylic acids is 2. The van der Waals surface area contributed by atoms with Gasteiger partial charge in [0.25, 0.3) is 0 Å². The molecule has 114 valence electrons. The first-order chi connectivity index (χ1) is 10.2. The van der Waals surface area contributed by atoms with Crippen molar-refractivity contribution in [3.8, 4) is 0 Å². The topological polar surface area (TPSA) is 71.5 Å². The minimum Gasteiger partial charge on any atom is -0.465 e. The number of nitrogens with zero attached hydrogens (tertiary/aromatic N) is 2. The highest BCUT2D eigenvalue weighted by Gasteiger charge is 2.28. The number of nitrogens with one attached hydrogen (secondary N) is 1.